The molecule has 1 amide bonds. The van der Waals surface area contributed by atoms with Gasteiger partial charge in [-0.3, -0.25) is 9.10 Å². The Balaban J connectivity index is 1.36. The number of sulfonamides is 1. The minimum atomic E-state index is -3.52. The molecule has 0 saturated carbocycles. The number of hydrogen-bond acceptors (Lipinski definition) is 4. The lowest BCUT2D eigenvalue weighted by Crippen LogP contribution is -2.29. The Morgan fingerprint density at radius 2 is 1.38 bits per heavy atom. The van der Waals surface area contributed by atoms with Crippen LogP contribution in [0.15, 0.2) is 114 Å². The van der Waals surface area contributed by atoms with E-state index in [0.717, 1.165) is 32.7 Å². The van der Waals surface area contributed by atoms with E-state index in [4.69, 9.17) is 0 Å². The van der Waals surface area contributed by atoms with Gasteiger partial charge < -0.3 is 0 Å². The van der Waals surface area contributed by atoms with Gasteiger partial charge in [-0.1, -0.05) is 78.9 Å². The van der Waals surface area contributed by atoms with Crippen LogP contribution >= 0.6 is 0 Å². The van der Waals surface area contributed by atoms with Gasteiger partial charge in [0.25, 0.3) is 5.91 Å². The molecule has 0 radical (unpaired) electrons. The molecular formula is C30H25N3O3S. The quantitative estimate of drug-likeness (QED) is 0.174. The van der Waals surface area contributed by atoms with Gasteiger partial charge in [0, 0.05) is 11.1 Å². The monoisotopic (exact) mass is 507 g/mol. The number of hydrazone groups is 1. The molecule has 0 aliphatic carbocycles. The molecule has 5 aromatic rings. The molecule has 5 rings (SSSR count). The van der Waals surface area contributed by atoms with Gasteiger partial charge in [-0.05, 0) is 57.4 Å². The number of hydrogen-bond donors (Lipinski definition) is 1. The number of amides is 1. The van der Waals surface area contributed by atoms with Crippen molar-refractivity contribution in [1.82, 2.24) is 5.43 Å². The molecule has 0 aliphatic rings. The number of carbonyl (C=O) groups is 1. The Hall–Kier alpha value is -4.49. The third-order valence-corrected chi connectivity index (χ3v) is 7.30. The van der Waals surface area contributed by atoms with E-state index in [0.29, 0.717) is 11.3 Å². The Morgan fingerprint density at radius 1 is 0.811 bits per heavy atom. The van der Waals surface area contributed by atoms with Crippen LogP contribution in [-0.4, -0.2) is 26.8 Å². The first kappa shape index (κ1) is 24.2. The van der Waals surface area contributed by atoms with Crippen LogP contribution in [0.4, 0.5) is 5.69 Å². The van der Waals surface area contributed by atoms with Crippen molar-refractivity contribution in [1.29, 1.82) is 0 Å². The van der Waals surface area contributed by atoms with E-state index >= 15 is 0 Å². The number of nitrogens with one attached hydrogen (secondary N) is 1. The summed E-state index contributed by atoms with van der Waals surface area (Å²) in [7, 11) is -3.52. The molecule has 0 heterocycles. The summed E-state index contributed by atoms with van der Waals surface area (Å²) in [5, 5.41) is 8.51. The van der Waals surface area contributed by atoms with Crippen molar-refractivity contribution in [2.24, 2.45) is 5.10 Å². The Kier molecular flexibility index (Phi) is 6.70. The summed E-state index contributed by atoms with van der Waals surface area (Å²) in [5.74, 6) is -0.388. The first-order valence-electron chi connectivity index (χ1n) is 11.8. The van der Waals surface area contributed by atoms with Crippen LogP contribution < -0.4 is 9.73 Å². The van der Waals surface area contributed by atoms with Gasteiger partial charge in [-0.25, -0.2) is 13.8 Å². The number of anilines is 1. The van der Waals surface area contributed by atoms with E-state index < -0.39 is 10.0 Å². The molecule has 37 heavy (non-hydrogen) atoms. The molecule has 5 aromatic carbocycles. The van der Waals surface area contributed by atoms with Gasteiger partial charge in [0.1, 0.15) is 0 Å². The minimum absolute atomic E-state index is 0.203. The maximum absolute atomic E-state index is 12.8. The number of nitrogens with zero attached hydrogens (tertiary/aromatic N) is 2. The zero-order valence-electron chi connectivity index (χ0n) is 20.2. The standard InChI is InChI=1S/C30H25N3O3S/c1-37(35,36)33(21-22-9-3-2-4-10-22)26-17-15-23(16-18-26)30(34)32-31-20-29-27-13-7-5-11-24(27)19-25-12-6-8-14-28(25)29/h2-20H,21H2,1H3,(H,32,34)/b31-20-. The molecule has 0 unspecified atom stereocenters. The predicted octanol–water partition coefficient (Wildman–Crippen LogP) is 5.72. The maximum Gasteiger partial charge on any atom is 0.271 e. The smallest absolute Gasteiger partial charge is 0.267 e. The highest BCUT2D eigenvalue weighted by Gasteiger charge is 2.18. The highest BCUT2D eigenvalue weighted by atomic mass is 32.2. The summed E-state index contributed by atoms with van der Waals surface area (Å²) in [6.45, 7) is 0.203. The first-order chi connectivity index (χ1) is 17.9. The average Bonchev–Trinajstić information content (AvgIpc) is 2.91. The predicted molar refractivity (Wildman–Crippen MR) is 150 cm³/mol. The van der Waals surface area contributed by atoms with Crippen molar-refractivity contribution in [2.75, 3.05) is 10.6 Å². The van der Waals surface area contributed by atoms with Gasteiger partial charge in [0.05, 0.1) is 24.7 Å². The lowest BCUT2D eigenvalue weighted by atomic mass is 9.97. The number of carbonyl (C=O) groups excluding carboxylic acids is 1. The van der Waals surface area contributed by atoms with Crippen LogP contribution in [0.25, 0.3) is 21.5 Å². The highest BCUT2D eigenvalue weighted by molar-refractivity contribution is 7.92. The first-order valence-corrected chi connectivity index (χ1v) is 13.6. The molecule has 184 valence electrons. The fourth-order valence-corrected chi connectivity index (χ4v) is 5.22. The van der Waals surface area contributed by atoms with Crippen molar-refractivity contribution in [2.45, 2.75) is 6.54 Å². The number of rotatable bonds is 7. The summed E-state index contributed by atoms with van der Waals surface area (Å²) < 4.78 is 26.2. The largest absolute Gasteiger partial charge is 0.271 e. The lowest BCUT2D eigenvalue weighted by molar-refractivity contribution is 0.0955. The van der Waals surface area contributed by atoms with E-state index in [9.17, 15) is 13.2 Å². The van der Waals surface area contributed by atoms with Crippen LogP contribution in [0.2, 0.25) is 0 Å². The summed E-state index contributed by atoms with van der Waals surface area (Å²) in [6, 6.07) is 34.1. The van der Waals surface area contributed by atoms with Gasteiger partial charge >= 0.3 is 0 Å². The van der Waals surface area contributed by atoms with Crippen molar-refractivity contribution >= 4 is 49.4 Å². The van der Waals surface area contributed by atoms with Gasteiger partial charge in [0.15, 0.2) is 0 Å². The van der Waals surface area contributed by atoms with Crippen LogP contribution in [0.3, 0.4) is 0 Å². The summed E-state index contributed by atoms with van der Waals surface area (Å²) >= 11 is 0. The average molecular weight is 508 g/mol. The van der Waals surface area contributed by atoms with E-state index in [1.54, 1.807) is 30.5 Å². The maximum atomic E-state index is 12.8. The van der Waals surface area contributed by atoms with Crippen molar-refractivity contribution in [3.63, 3.8) is 0 Å². The van der Waals surface area contributed by atoms with Crippen LogP contribution in [0, 0.1) is 0 Å². The molecular weight excluding hydrogens is 482 g/mol. The van der Waals surface area contributed by atoms with Crippen LogP contribution in [-0.2, 0) is 16.6 Å². The second kappa shape index (κ2) is 10.2. The molecule has 0 bridgehead atoms. The van der Waals surface area contributed by atoms with Crippen molar-refractivity contribution in [3.8, 4) is 0 Å². The molecule has 0 atom stereocenters. The zero-order valence-corrected chi connectivity index (χ0v) is 21.0. The van der Waals surface area contributed by atoms with E-state index in [-0.39, 0.29) is 12.5 Å². The highest BCUT2D eigenvalue weighted by Crippen LogP contribution is 2.27. The fraction of sp³-hybridized carbons (Fsp3) is 0.0667. The minimum Gasteiger partial charge on any atom is -0.267 e. The van der Waals surface area contributed by atoms with E-state index in [1.165, 1.54) is 10.6 Å². The summed E-state index contributed by atoms with van der Waals surface area (Å²) in [6.07, 6.45) is 2.84. The Labute approximate surface area is 215 Å². The van der Waals surface area contributed by atoms with Crippen LogP contribution in [0.1, 0.15) is 21.5 Å². The van der Waals surface area contributed by atoms with Gasteiger partial charge in [-0.15, -0.1) is 0 Å². The van der Waals surface area contributed by atoms with Gasteiger partial charge in [-0.2, -0.15) is 5.10 Å². The molecule has 1 N–H and O–H groups in total. The Bertz CT molecular complexity index is 1660. The zero-order chi connectivity index (χ0) is 25.8. The van der Waals surface area contributed by atoms with Crippen molar-refractivity contribution < 1.29 is 13.2 Å². The van der Waals surface area contributed by atoms with Crippen molar-refractivity contribution in [3.05, 3.63) is 126 Å². The molecule has 6 nitrogen and oxygen atoms in total. The van der Waals surface area contributed by atoms with Gasteiger partial charge in [0.2, 0.25) is 10.0 Å². The third-order valence-electron chi connectivity index (χ3n) is 6.16. The van der Waals surface area contributed by atoms with E-state index in [2.05, 4.69) is 28.7 Å². The number of benzene rings is 5. The lowest BCUT2D eigenvalue weighted by Gasteiger charge is -2.22. The molecule has 0 spiro atoms. The SMILES string of the molecule is CS(=O)(=O)N(Cc1ccccc1)c1ccc(C(=O)N/N=C\c2c3ccccc3cc3ccccc23)cc1. The summed E-state index contributed by atoms with van der Waals surface area (Å²) in [5.41, 5.74) is 5.24. The second-order valence-electron chi connectivity index (χ2n) is 8.73. The van der Waals surface area contributed by atoms with Crippen LogP contribution in [0.5, 0.6) is 0 Å². The molecule has 0 fully saturated rings. The fourth-order valence-electron chi connectivity index (χ4n) is 4.34. The Morgan fingerprint density at radius 3 is 1.97 bits per heavy atom. The molecule has 0 saturated heterocycles. The molecule has 7 heteroatoms. The normalized spacial score (nSPS) is 11.7. The third kappa shape index (κ3) is 5.37. The second-order valence-corrected chi connectivity index (χ2v) is 10.6. The molecule has 0 aliphatic heterocycles. The van der Waals surface area contributed by atoms with E-state index in [1.807, 2.05) is 66.7 Å². The molecule has 0 aromatic heterocycles. The topological polar surface area (TPSA) is 78.8 Å². The summed E-state index contributed by atoms with van der Waals surface area (Å²) in [4.78, 5) is 12.8. The number of fused-ring (bicyclic) bond motifs is 2.